The molecule has 2 aromatic rings. The van der Waals surface area contributed by atoms with Crippen LogP contribution < -0.4 is 5.32 Å². The second-order valence-corrected chi connectivity index (χ2v) is 5.81. The van der Waals surface area contributed by atoms with E-state index >= 15 is 0 Å². The second-order valence-electron chi connectivity index (χ2n) is 4.90. The summed E-state index contributed by atoms with van der Waals surface area (Å²) in [6, 6.07) is 6.35. The Hall–Kier alpha value is -1.33. The third-order valence-corrected chi connectivity index (χ3v) is 3.93. The maximum Gasteiger partial charge on any atom is 0.132 e. The van der Waals surface area contributed by atoms with Gasteiger partial charge in [0.2, 0.25) is 0 Å². The Morgan fingerprint density at radius 1 is 1.10 bits per heavy atom. The van der Waals surface area contributed by atoms with Crippen LogP contribution in [0.15, 0.2) is 34.8 Å². The fourth-order valence-electron chi connectivity index (χ4n) is 2.34. The molecule has 1 N–H and O–H groups in total. The molecule has 0 heterocycles. The molecule has 1 atom stereocenters. The van der Waals surface area contributed by atoms with Crippen molar-refractivity contribution in [2.45, 2.75) is 19.4 Å². The molecule has 1 nitrogen and oxygen atoms in total. The van der Waals surface area contributed by atoms with Crippen molar-refractivity contribution in [1.82, 2.24) is 5.32 Å². The topological polar surface area (TPSA) is 12.0 Å². The van der Waals surface area contributed by atoms with E-state index in [2.05, 4.69) is 21.2 Å². The van der Waals surface area contributed by atoms with E-state index in [-0.39, 0.29) is 11.4 Å². The lowest BCUT2D eigenvalue weighted by Gasteiger charge is -2.19. The first-order valence-electron chi connectivity index (χ1n) is 6.49. The van der Waals surface area contributed by atoms with Crippen molar-refractivity contribution < 1.29 is 13.2 Å². The predicted molar refractivity (Wildman–Crippen MR) is 80.7 cm³/mol. The summed E-state index contributed by atoms with van der Waals surface area (Å²) >= 11 is 3.06. The van der Waals surface area contributed by atoms with Gasteiger partial charge < -0.3 is 5.32 Å². The number of hydrogen-bond acceptors (Lipinski definition) is 1. The average molecular weight is 358 g/mol. The van der Waals surface area contributed by atoms with Crippen LogP contribution in [0.1, 0.15) is 22.7 Å². The van der Waals surface area contributed by atoms with Crippen LogP contribution in [0.4, 0.5) is 13.2 Å². The summed E-state index contributed by atoms with van der Waals surface area (Å²) in [6.45, 7) is 1.78. The van der Waals surface area contributed by atoms with E-state index in [1.165, 1.54) is 24.3 Å². The van der Waals surface area contributed by atoms with E-state index in [9.17, 15) is 13.2 Å². The van der Waals surface area contributed by atoms with Gasteiger partial charge in [0, 0.05) is 16.1 Å². The lowest BCUT2D eigenvalue weighted by Crippen LogP contribution is -2.22. The monoisotopic (exact) mass is 357 g/mol. The summed E-state index contributed by atoms with van der Waals surface area (Å²) < 4.78 is 41.6. The van der Waals surface area contributed by atoms with Gasteiger partial charge in [0.05, 0.1) is 0 Å². The lowest BCUT2D eigenvalue weighted by molar-refractivity contribution is 0.487. The molecule has 0 saturated heterocycles. The number of halogens is 4. The number of hydrogen-bond donors (Lipinski definition) is 1. The molecule has 0 bridgehead atoms. The Morgan fingerprint density at radius 2 is 1.71 bits per heavy atom. The Kier molecular flexibility index (Phi) is 5.06. The van der Waals surface area contributed by atoms with Crippen LogP contribution in [0, 0.1) is 24.4 Å². The molecule has 0 radical (unpaired) electrons. The van der Waals surface area contributed by atoms with Gasteiger partial charge in [-0.2, -0.15) is 0 Å². The van der Waals surface area contributed by atoms with Gasteiger partial charge in [-0.25, -0.2) is 13.2 Å². The van der Waals surface area contributed by atoms with Gasteiger partial charge in [-0.1, -0.05) is 22.0 Å². The van der Waals surface area contributed by atoms with Gasteiger partial charge in [-0.05, 0) is 55.8 Å². The molecule has 0 aliphatic heterocycles. The van der Waals surface area contributed by atoms with E-state index in [0.717, 1.165) is 11.1 Å². The van der Waals surface area contributed by atoms with Gasteiger partial charge in [0.25, 0.3) is 0 Å². The number of likely N-dealkylation sites (N-methyl/N-ethyl adjacent to an activating group) is 1. The molecule has 0 spiro atoms. The Labute approximate surface area is 130 Å². The summed E-state index contributed by atoms with van der Waals surface area (Å²) in [5.41, 5.74) is 1.59. The molecule has 0 aliphatic carbocycles. The highest BCUT2D eigenvalue weighted by atomic mass is 79.9. The van der Waals surface area contributed by atoms with Gasteiger partial charge in [-0.15, -0.1) is 0 Å². The standard InChI is InChI=1S/C16H15BrF3N/c1-9-5-12(18)4-3-10(9)6-15(21-2)16-13(19)7-11(17)8-14(16)20/h3-5,7-8,15,21H,6H2,1-2H3. The summed E-state index contributed by atoms with van der Waals surface area (Å²) in [6.07, 6.45) is 0.373. The first-order valence-corrected chi connectivity index (χ1v) is 7.28. The number of benzene rings is 2. The van der Waals surface area contributed by atoms with Crippen molar-refractivity contribution >= 4 is 15.9 Å². The highest BCUT2D eigenvalue weighted by Crippen LogP contribution is 2.28. The highest BCUT2D eigenvalue weighted by molar-refractivity contribution is 9.10. The van der Waals surface area contributed by atoms with E-state index in [1.54, 1.807) is 20.0 Å². The van der Waals surface area contributed by atoms with Crippen LogP contribution in [0.2, 0.25) is 0 Å². The average Bonchev–Trinajstić information content (AvgIpc) is 2.39. The molecule has 0 saturated carbocycles. The van der Waals surface area contributed by atoms with Gasteiger partial charge in [0.15, 0.2) is 0 Å². The van der Waals surface area contributed by atoms with E-state index in [0.29, 0.717) is 10.9 Å². The Morgan fingerprint density at radius 3 is 2.24 bits per heavy atom. The SMILES string of the molecule is CNC(Cc1ccc(F)cc1C)c1c(F)cc(Br)cc1F. The van der Waals surface area contributed by atoms with Crippen molar-refractivity contribution in [1.29, 1.82) is 0 Å². The molecular formula is C16H15BrF3N. The van der Waals surface area contributed by atoms with E-state index in [4.69, 9.17) is 0 Å². The molecule has 0 fully saturated rings. The lowest BCUT2D eigenvalue weighted by atomic mass is 9.95. The molecule has 5 heteroatoms. The summed E-state index contributed by atoms with van der Waals surface area (Å²) in [5, 5.41) is 2.92. The summed E-state index contributed by atoms with van der Waals surface area (Å²) in [4.78, 5) is 0. The molecule has 0 amide bonds. The van der Waals surface area contributed by atoms with Crippen molar-refractivity contribution in [2.24, 2.45) is 0 Å². The largest absolute Gasteiger partial charge is 0.313 e. The van der Waals surface area contributed by atoms with Crippen LogP contribution in [-0.4, -0.2) is 7.05 Å². The molecule has 0 aliphatic rings. The maximum absolute atomic E-state index is 14.0. The van der Waals surface area contributed by atoms with Crippen molar-refractivity contribution in [3.8, 4) is 0 Å². The minimum absolute atomic E-state index is 0.00979. The van der Waals surface area contributed by atoms with Crippen molar-refractivity contribution in [2.75, 3.05) is 7.05 Å². The van der Waals surface area contributed by atoms with Gasteiger partial charge in [0.1, 0.15) is 17.5 Å². The zero-order valence-electron chi connectivity index (χ0n) is 11.7. The quantitative estimate of drug-likeness (QED) is 0.837. The maximum atomic E-state index is 14.0. The fraction of sp³-hybridized carbons (Fsp3) is 0.250. The first kappa shape index (κ1) is 16.0. The highest BCUT2D eigenvalue weighted by Gasteiger charge is 2.20. The van der Waals surface area contributed by atoms with Crippen LogP contribution in [-0.2, 0) is 6.42 Å². The second kappa shape index (κ2) is 6.62. The van der Waals surface area contributed by atoms with Gasteiger partial charge >= 0.3 is 0 Å². The van der Waals surface area contributed by atoms with Crippen LogP contribution in [0.5, 0.6) is 0 Å². The van der Waals surface area contributed by atoms with Crippen molar-refractivity contribution in [3.05, 3.63) is 68.9 Å². The fourth-order valence-corrected chi connectivity index (χ4v) is 2.74. The first-order chi connectivity index (χ1) is 9.92. The van der Waals surface area contributed by atoms with E-state index < -0.39 is 17.7 Å². The molecule has 21 heavy (non-hydrogen) atoms. The molecule has 112 valence electrons. The van der Waals surface area contributed by atoms with Crippen molar-refractivity contribution in [3.63, 3.8) is 0 Å². The summed E-state index contributed by atoms with van der Waals surface area (Å²) in [5.74, 6) is -1.54. The number of aryl methyl sites for hydroxylation is 1. The molecule has 2 rings (SSSR count). The van der Waals surface area contributed by atoms with Crippen LogP contribution >= 0.6 is 15.9 Å². The molecule has 0 aromatic heterocycles. The zero-order chi connectivity index (χ0) is 15.6. The molecular weight excluding hydrogens is 343 g/mol. The predicted octanol–water partition coefficient (Wildman–Crippen LogP) is 4.68. The minimum atomic E-state index is -0.610. The third kappa shape index (κ3) is 3.66. The van der Waals surface area contributed by atoms with Gasteiger partial charge in [-0.3, -0.25) is 0 Å². The third-order valence-electron chi connectivity index (χ3n) is 3.47. The summed E-state index contributed by atoms with van der Waals surface area (Å²) in [7, 11) is 1.64. The smallest absolute Gasteiger partial charge is 0.132 e. The molecule has 1 unspecified atom stereocenters. The van der Waals surface area contributed by atoms with Crippen LogP contribution in [0.25, 0.3) is 0 Å². The Bertz CT molecular complexity index is 635. The van der Waals surface area contributed by atoms with E-state index in [1.807, 2.05) is 0 Å². The molecule has 2 aromatic carbocycles. The number of rotatable bonds is 4. The van der Waals surface area contributed by atoms with Crippen LogP contribution in [0.3, 0.4) is 0 Å². The minimum Gasteiger partial charge on any atom is -0.313 e. The normalized spacial score (nSPS) is 12.5. The Balaban J connectivity index is 2.37. The zero-order valence-corrected chi connectivity index (χ0v) is 13.3. The number of nitrogens with one attached hydrogen (secondary N) is 1.